The molecule has 1 N–H and O–H groups in total. The number of benzene rings is 3. The summed E-state index contributed by atoms with van der Waals surface area (Å²) in [5.74, 6) is 0.933. The van der Waals surface area contributed by atoms with Crippen LogP contribution in [0.1, 0.15) is 92.0 Å². The predicted molar refractivity (Wildman–Crippen MR) is 208 cm³/mol. The maximum Gasteiger partial charge on any atom is 0.208 e. The fourth-order valence-electron chi connectivity index (χ4n) is 9.04. The number of anilines is 2. The number of aryl methyl sites for hydroxylation is 4. The van der Waals surface area contributed by atoms with Crippen molar-refractivity contribution in [2.75, 3.05) is 18.0 Å². The van der Waals surface area contributed by atoms with Gasteiger partial charge in [-0.05, 0) is 94.7 Å². The molecule has 4 aliphatic rings. The molecule has 2 fully saturated rings. The minimum Gasteiger partial charge on any atom is -0.511 e. The third-order valence-corrected chi connectivity index (χ3v) is 11.8. The monoisotopic (exact) mass is 667 g/mol. The lowest BCUT2D eigenvalue weighted by Gasteiger charge is -2.34. The van der Waals surface area contributed by atoms with Gasteiger partial charge in [0.1, 0.15) is 5.76 Å². The fourth-order valence-corrected chi connectivity index (χ4v) is 9.04. The summed E-state index contributed by atoms with van der Waals surface area (Å²) < 4.78 is 2.48. The highest BCUT2D eigenvalue weighted by Gasteiger charge is 2.44. The van der Waals surface area contributed by atoms with Crippen LogP contribution in [0.5, 0.6) is 0 Å². The minimum absolute atomic E-state index is 0.0277. The van der Waals surface area contributed by atoms with Crippen molar-refractivity contribution in [3.8, 4) is 0 Å². The molecule has 260 valence electrons. The largest absolute Gasteiger partial charge is 0.511 e. The van der Waals surface area contributed by atoms with E-state index in [0.717, 1.165) is 30.1 Å². The van der Waals surface area contributed by atoms with Crippen LogP contribution in [0, 0.1) is 51.4 Å². The zero-order valence-electron chi connectivity index (χ0n) is 30.6. The van der Waals surface area contributed by atoms with Crippen molar-refractivity contribution >= 4 is 34.1 Å². The zero-order chi connectivity index (χ0) is 34.8. The Morgan fingerprint density at radius 2 is 1.32 bits per heavy atom. The van der Waals surface area contributed by atoms with Gasteiger partial charge in [-0.25, -0.2) is 0 Å². The average Bonchev–Trinajstić information content (AvgIpc) is 3.12. The Morgan fingerprint density at radius 3 is 1.92 bits per heavy atom. The van der Waals surface area contributed by atoms with Gasteiger partial charge >= 0.3 is 0 Å². The van der Waals surface area contributed by atoms with Crippen LogP contribution in [0.2, 0.25) is 0 Å². The molecule has 0 aliphatic heterocycles. The average molecular weight is 668 g/mol. The molecule has 3 aromatic carbocycles. The Labute approximate surface area is 299 Å². The number of aliphatic hydroxyl groups excluding tert-OH is 1. The summed E-state index contributed by atoms with van der Waals surface area (Å²) in [7, 11) is 0. The number of rotatable bonds is 9. The lowest BCUT2D eigenvalue weighted by Crippen LogP contribution is -2.36. The van der Waals surface area contributed by atoms with Crippen LogP contribution in [0.4, 0.5) is 17.1 Å². The van der Waals surface area contributed by atoms with Gasteiger partial charge in [0.25, 0.3) is 0 Å². The molecule has 3 aromatic rings. The van der Waals surface area contributed by atoms with Crippen molar-refractivity contribution in [3.63, 3.8) is 0 Å². The molecule has 4 heteroatoms. The van der Waals surface area contributed by atoms with E-state index < -0.39 is 5.92 Å². The molecule has 0 amide bonds. The van der Waals surface area contributed by atoms with Crippen LogP contribution in [0.25, 0.3) is 5.57 Å². The van der Waals surface area contributed by atoms with Gasteiger partial charge in [-0.15, -0.1) is 0 Å². The van der Waals surface area contributed by atoms with Crippen LogP contribution in [0.15, 0.2) is 90.7 Å². The smallest absolute Gasteiger partial charge is 0.208 e. The van der Waals surface area contributed by atoms with Gasteiger partial charge in [0.05, 0.1) is 11.5 Å². The highest BCUT2D eigenvalue weighted by Crippen LogP contribution is 2.43. The normalized spacial score (nSPS) is 21.4. The summed E-state index contributed by atoms with van der Waals surface area (Å²) in [5.41, 5.74) is 11.2. The molecule has 0 aromatic heterocycles. The van der Waals surface area contributed by atoms with E-state index in [-0.39, 0.29) is 17.5 Å². The third kappa shape index (κ3) is 7.18. The lowest BCUT2D eigenvalue weighted by atomic mass is 9.71. The van der Waals surface area contributed by atoms with Crippen LogP contribution in [-0.4, -0.2) is 34.3 Å². The molecule has 0 heterocycles. The van der Waals surface area contributed by atoms with Crippen molar-refractivity contribution in [1.82, 2.24) is 0 Å². The summed E-state index contributed by atoms with van der Waals surface area (Å²) in [6.45, 7) is 10.7. The molecule has 0 radical (unpaired) electrons. The summed E-state index contributed by atoms with van der Waals surface area (Å²) in [6, 6.07) is 21.8. The second-order valence-electron chi connectivity index (χ2n) is 15.7. The molecule has 50 heavy (non-hydrogen) atoms. The van der Waals surface area contributed by atoms with E-state index in [1.165, 1.54) is 97.8 Å². The quantitative estimate of drug-likeness (QED) is 0.231. The maximum atomic E-state index is 13.7. The van der Waals surface area contributed by atoms with Crippen LogP contribution in [-0.2, 0) is 4.79 Å². The van der Waals surface area contributed by atoms with Gasteiger partial charge in [0.2, 0.25) is 11.4 Å². The predicted octanol–water partition coefficient (Wildman–Crippen LogP) is 11.2. The first-order valence-electron chi connectivity index (χ1n) is 19.3. The molecular weight excluding hydrogens is 613 g/mol. The molecule has 1 unspecified atom stereocenters. The van der Waals surface area contributed by atoms with Gasteiger partial charge in [-0.1, -0.05) is 92.1 Å². The van der Waals surface area contributed by atoms with E-state index in [1.54, 1.807) is 0 Å². The number of aliphatic hydroxyl groups is 1. The Morgan fingerprint density at radius 1 is 0.720 bits per heavy atom. The van der Waals surface area contributed by atoms with E-state index >= 15 is 0 Å². The molecule has 0 saturated heterocycles. The summed E-state index contributed by atoms with van der Waals surface area (Å²) in [4.78, 5) is 16.2. The molecular formula is C46H55N2O2+. The second-order valence-corrected chi connectivity index (χ2v) is 15.7. The molecule has 0 bridgehead atoms. The van der Waals surface area contributed by atoms with Gasteiger partial charge in [0, 0.05) is 53.5 Å². The first-order valence-corrected chi connectivity index (χ1v) is 19.3. The third-order valence-electron chi connectivity index (χ3n) is 11.8. The summed E-state index contributed by atoms with van der Waals surface area (Å²) in [6.07, 6.45) is 21.7. The van der Waals surface area contributed by atoms with Crippen molar-refractivity contribution in [2.24, 2.45) is 23.7 Å². The molecule has 4 nitrogen and oxygen atoms in total. The van der Waals surface area contributed by atoms with E-state index in [9.17, 15) is 9.90 Å². The number of Topliss-reactive ketones (excluding diaryl/α,β-unsaturated/α-hetero) is 1. The van der Waals surface area contributed by atoms with Crippen molar-refractivity contribution in [2.45, 2.75) is 91.9 Å². The Bertz CT molecular complexity index is 1830. The van der Waals surface area contributed by atoms with E-state index in [1.807, 2.05) is 12.1 Å². The Hall–Kier alpha value is -4.18. The number of carbonyl (C=O) groups is 1. The fraction of sp³-hybridized carbons (Fsp3) is 0.435. The first-order chi connectivity index (χ1) is 24.3. The number of hydrogen-bond acceptors (Lipinski definition) is 3. The standard InChI is InChI=1S/C46H54N2O2/c1-31-15-25-41(33(3)27-31)47(29-35-11-7-5-8-12-35)39-21-17-37(18-22-39)43-45(49)44(46(43)50)38-19-23-40(24-20-38)48(30-36-13-9-6-10-14-36)42-26-16-32(2)28-34(42)4/h15-28,35-37,43H,5-14,29-30H2,1-4H3/p+1. The number of ketones is 1. The van der Waals surface area contributed by atoms with Crippen LogP contribution < -0.4 is 4.90 Å². The number of carbonyl (C=O) groups excluding carboxylic acids is 1. The molecule has 7 rings (SSSR count). The Kier molecular flexibility index (Phi) is 10.3. The SMILES string of the molecule is Cc1ccc(N(CC2CCCCC2)c2ccc(C3=C(O)C(C4C=CC(=[N+](CC5CCCCC5)c5ccc(C)cc5C)C=C4)C3=O)cc2)c(C)c1. The van der Waals surface area contributed by atoms with Crippen molar-refractivity contribution in [3.05, 3.63) is 119 Å². The number of nitrogens with zero attached hydrogens (tertiary/aromatic N) is 2. The van der Waals surface area contributed by atoms with E-state index in [4.69, 9.17) is 0 Å². The van der Waals surface area contributed by atoms with Gasteiger partial charge < -0.3 is 10.0 Å². The van der Waals surface area contributed by atoms with Gasteiger partial charge in [-0.3, -0.25) is 4.79 Å². The molecule has 4 aliphatic carbocycles. The Balaban J connectivity index is 1.11. The molecule has 2 saturated carbocycles. The van der Waals surface area contributed by atoms with Crippen molar-refractivity contribution in [1.29, 1.82) is 0 Å². The number of hydrogen-bond donors (Lipinski definition) is 1. The van der Waals surface area contributed by atoms with Gasteiger partial charge in [0.15, 0.2) is 12.3 Å². The zero-order valence-corrected chi connectivity index (χ0v) is 30.6. The maximum absolute atomic E-state index is 13.7. The second kappa shape index (κ2) is 15.0. The summed E-state index contributed by atoms with van der Waals surface area (Å²) in [5, 5.41) is 11.4. The van der Waals surface area contributed by atoms with E-state index in [2.05, 4.69) is 110 Å². The van der Waals surface area contributed by atoms with Crippen LogP contribution >= 0.6 is 0 Å². The molecule has 1 atom stereocenters. The topological polar surface area (TPSA) is 43.5 Å². The van der Waals surface area contributed by atoms with Crippen molar-refractivity contribution < 1.29 is 14.5 Å². The summed E-state index contributed by atoms with van der Waals surface area (Å²) >= 11 is 0. The lowest BCUT2D eigenvalue weighted by molar-refractivity contribution is -0.449. The van der Waals surface area contributed by atoms with Gasteiger partial charge in [-0.2, -0.15) is 4.58 Å². The van der Waals surface area contributed by atoms with Crippen LogP contribution in [0.3, 0.4) is 0 Å². The minimum atomic E-state index is -0.523. The highest BCUT2D eigenvalue weighted by atomic mass is 16.3. The number of allylic oxidation sites excluding steroid dienone is 6. The molecule has 0 spiro atoms. The first kappa shape index (κ1) is 34.3. The van der Waals surface area contributed by atoms with E-state index in [0.29, 0.717) is 17.4 Å². The highest BCUT2D eigenvalue weighted by molar-refractivity contribution is 6.30.